The minimum Gasteiger partial charge on any atom is -0.324 e. The van der Waals surface area contributed by atoms with Gasteiger partial charge in [0.25, 0.3) is 0 Å². The van der Waals surface area contributed by atoms with E-state index in [1.807, 2.05) is 48.1 Å². The Kier molecular flexibility index (Phi) is 2.33. The van der Waals surface area contributed by atoms with Crippen molar-refractivity contribution in [1.29, 1.82) is 0 Å². The predicted octanol–water partition coefficient (Wildman–Crippen LogP) is 1.89. The van der Waals surface area contributed by atoms with Crippen LogP contribution in [0, 0.1) is 0 Å². The zero-order valence-electron chi connectivity index (χ0n) is 8.09. The fourth-order valence-electron chi connectivity index (χ4n) is 1.35. The number of hydrogen-bond donors (Lipinski definition) is 1. The number of nitrogens with two attached hydrogens (primary N) is 1. The molecule has 3 heteroatoms. The third-order valence-corrected chi connectivity index (χ3v) is 2.19. The first kappa shape index (κ1) is 8.97. The van der Waals surface area contributed by atoms with Gasteiger partial charge in [-0.05, 0) is 30.7 Å². The summed E-state index contributed by atoms with van der Waals surface area (Å²) in [6.45, 7) is 1.98. The number of nitrogens with zero attached hydrogens (tertiary/aromatic N) is 2. The normalized spacial score (nSPS) is 12.7. The summed E-state index contributed by atoms with van der Waals surface area (Å²) < 4.78 is 1.82. The highest BCUT2D eigenvalue weighted by molar-refractivity contribution is 5.34. The summed E-state index contributed by atoms with van der Waals surface area (Å²) in [5.41, 5.74) is 7.95. The van der Waals surface area contributed by atoms with Gasteiger partial charge in [-0.3, -0.25) is 0 Å². The average molecular weight is 187 g/mol. The first-order valence-electron chi connectivity index (χ1n) is 4.63. The lowest BCUT2D eigenvalue weighted by Gasteiger charge is -2.06. The molecule has 0 aliphatic rings. The maximum atomic E-state index is 5.76. The Morgan fingerprint density at radius 1 is 1.29 bits per heavy atom. The van der Waals surface area contributed by atoms with E-state index in [2.05, 4.69) is 5.10 Å². The Morgan fingerprint density at radius 2 is 2.00 bits per heavy atom. The maximum absolute atomic E-state index is 5.76. The number of hydrogen-bond acceptors (Lipinski definition) is 2. The predicted molar refractivity (Wildman–Crippen MR) is 56.2 cm³/mol. The zero-order chi connectivity index (χ0) is 9.97. The molecule has 1 atom stereocenters. The van der Waals surface area contributed by atoms with Crippen LogP contribution >= 0.6 is 0 Å². The second-order valence-corrected chi connectivity index (χ2v) is 3.33. The van der Waals surface area contributed by atoms with Crippen molar-refractivity contribution in [1.82, 2.24) is 9.78 Å². The second-order valence-electron chi connectivity index (χ2n) is 3.33. The molecule has 0 bridgehead atoms. The smallest absolute Gasteiger partial charge is 0.0645 e. The van der Waals surface area contributed by atoms with Crippen molar-refractivity contribution in [3.05, 3.63) is 48.3 Å². The van der Waals surface area contributed by atoms with E-state index in [9.17, 15) is 0 Å². The fourth-order valence-corrected chi connectivity index (χ4v) is 1.35. The van der Waals surface area contributed by atoms with E-state index in [0.717, 1.165) is 11.3 Å². The van der Waals surface area contributed by atoms with Crippen molar-refractivity contribution >= 4 is 0 Å². The maximum Gasteiger partial charge on any atom is 0.0645 e. The lowest BCUT2D eigenvalue weighted by atomic mass is 10.1. The minimum absolute atomic E-state index is 0.0849. The topological polar surface area (TPSA) is 43.8 Å². The van der Waals surface area contributed by atoms with Gasteiger partial charge in [0, 0.05) is 18.4 Å². The van der Waals surface area contributed by atoms with Crippen LogP contribution in [0.3, 0.4) is 0 Å². The lowest BCUT2D eigenvalue weighted by molar-refractivity contribution is 0.814. The van der Waals surface area contributed by atoms with Gasteiger partial charge in [0.05, 0.1) is 5.69 Å². The van der Waals surface area contributed by atoms with Crippen molar-refractivity contribution in [3.8, 4) is 5.69 Å². The Hall–Kier alpha value is -1.61. The average Bonchev–Trinajstić information content (AvgIpc) is 2.71. The molecule has 0 fully saturated rings. The second kappa shape index (κ2) is 3.64. The van der Waals surface area contributed by atoms with Gasteiger partial charge in [-0.2, -0.15) is 5.10 Å². The number of benzene rings is 1. The summed E-state index contributed by atoms with van der Waals surface area (Å²) in [5.74, 6) is 0. The molecule has 0 aliphatic heterocycles. The van der Waals surface area contributed by atoms with Gasteiger partial charge >= 0.3 is 0 Å². The van der Waals surface area contributed by atoms with Crippen LogP contribution in [-0.2, 0) is 0 Å². The van der Waals surface area contributed by atoms with Crippen LogP contribution in [0.4, 0.5) is 0 Å². The highest BCUT2D eigenvalue weighted by atomic mass is 15.3. The van der Waals surface area contributed by atoms with Gasteiger partial charge in [0.2, 0.25) is 0 Å². The number of aromatic nitrogens is 2. The minimum atomic E-state index is 0.0849. The van der Waals surface area contributed by atoms with Crippen LogP contribution in [0.15, 0.2) is 42.7 Å². The van der Waals surface area contributed by atoms with E-state index in [0.29, 0.717) is 0 Å². The Labute approximate surface area is 83.2 Å². The molecule has 14 heavy (non-hydrogen) atoms. The van der Waals surface area contributed by atoms with Gasteiger partial charge in [-0.25, -0.2) is 4.68 Å². The molecule has 0 unspecified atom stereocenters. The largest absolute Gasteiger partial charge is 0.324 e. The molecule has 1 heterocycles. The van der Waals surface area contributed by atoms with E-state index in [4.69, 9.17) is 5.73 Å². The lowest BCUT2D eigenvalue weighted by Crippen LogP contribution is -2.05. The first-order chi connectivity index (χ1) is 6.77. The molecule has 3 nitrogen and oxygen atoms in total. The summed E-state index contributed by atoms with van der Waals surface area (Å²) in [7, 11) is 0. The molecule has 2 aromatic rings. The quantitative estimate of drug-likeness (QED) is 0.780. The van der Waals surface area contributed by atoms with E-state index >= 15 is 0 Å². The molecule has 1 aromatic heterocycles. The molecule has 2 rings (SSSR count). The molecule has 0 radical (unpaired) electrons. The standard InChI is InChI=1S/C11H13N3/c1-9(12)10-3-5-11(6-4-10)14-8-2-7-13-14/h2-9H,12H2,1H3/t9-/m1/s1. The van der Waals surface area contributed by atoms with Gasteiger partial charge in [0.15, 0.2) is 0 Å². The summed E-state index contributed by atoms with van der Waals surface area (Å²) in [4.78, 5) is 0. The van der Waals surface area contributed by atoms with Gasteiger partial charge in [0.1, 0.15) is 0 Å². The highest BCUT2D eigenvalue weighted by Crippen LogP contribution is 2.12. The van der Waals surface area contributed by atoms with Crippen molar-refractivity contribution < 1.29 is 0 Å². The highest BCUT2D eigenvalue weighted by Gasteiger charge is 1.99. The van der Waals surface area contributed by atoms with Crippen LogP contribution in [0.2, 0.25) is 0 Å². The Morgan fingerprint density at radius 3 is 2.50 bits per heavy atom. The molecule has 0 saturated heterocycles. The summed E-state index contributed by atoms with van der Waals surface area (Å²) >= 11 is 0. The molecule has 1 aromatic carbocycles. The van der Waals surface area contributed by atoms with Gasteiger partial charge in [-0.1, -0.05) is 12.1 Å². The van der Waals surface area contributed by atoms with Crippen molar-refractivity contribution in [2.45, 2.75) is 13.0 Å². The van der Waals surface area contributed by atoms with Crippen LogP contribution in [0.5, 0.6) is 0 Å². The van der Waals surface area contributed by atoms with Crippen LogP contribution in [0.1, 0.15) is 18.5 Å². The SMILES string of the molecule is C[C@@H](N)c1ccc(-n2cccn2)cc1. The Balaban J connectivity index is 2.31. The van der Waals surface area contributed by atoms with Gasteiger partial charge < -0.3 is 5.73 Å². The first-order valence-corrected chi connectivity index (χ1v) is 4.63. The summed E-state index contributed by atoms with van der Waals surface area (Å²) in [6.07, 6.45) is 3.68. The van der Waals surface area contributed by atoms with Crippen LogP contribution in [0.25, 0.3) is 5.69 Å². The summed E-state index contributed by atoms with van der Waals surface area (Å²) in [5, 5.41) is 4.15. The van der Waals surface area contributed by atoms with E-state index < -0.39 is 0 Å². The third kappa shape index (κ3) is 1.67. The molecule has 0 spiro atoms. The Bertz CT molecular complexity index is 387. The van der Waals surface area contributed by atoms with Crippen molar-refractivity contribution in [3.63, 3.8) is 0 Å². The molecule has 2 N–H and O–H groups in total. The monoisotopic (exact) mass is 187 g/mol. The van der Waals surface area contributed by atoms with Crippen LogP contribution < -0.4 is 5.73 Å². The third-order valence-electron chi connectivity index (χ3n) is 2.19. The molecule has 0 saturated carbocycles. The van der Waals surface area contributed by atoms with E-state index in [1.165, 1.54) is 0 Å². The molecule has 72 valence electrons. The summed E-state index contributed by atoms with van der Waals surface area (Å²) in [6, 6.07) is 10.1. The fraction of sp³-hybridized carbons (Fsp3) is 0.182. The zero-order valence-corrected chi connectivity index (χ0v) is 8.09. The van der Waals surface area contributed by atoms with E-state index in [-0.39, 0.29) is 6.04 Å². The van der Waals surface area contributed by atoms with E-state index in [1.54, 1.807) is 6.20 Å². The van der Waals surface area contributed by atoms with Crippen LogP contribution in [-0.4, -0.2) is 9.78 Å². The van der Waals surface area contributed by atoms with Crippen molar-refractivity contribution in [2.75, 3.05) is 0 Å². The molecular formula is C11H13N3. The molecular weight excluding hydrogens is 174 g/mol. The number of rotatable bonds is 2. The van der Waals surface area contributed by atoms with Crippen molar-refractivity contribution in [2.24, 2.45) is 5.73 Å². The molecule has 0 aliphatic carbocycles. The van der Waals surface area contributed by atoms with Gasteiger partial charge in [-0.15, -0.1) is 0 Å². The molecule has 0 amide bonds.